The summed E-state index contributed by atoms with van der Waals surface area (Å²) in [7, 11) is 0.138. The molecule has 2 N–H and O–H groups in total. The summed E-state index contributed by atoms with van der Waals surface area (Å²) in [5.41, 5.74) is 2.34. The summed E-state index contributed by atoms with van der Waals surface area (Å²) in [6.07, 6.45) is 4.89. The summed E-state index contributed by atoms with van der Waals surface area (Å²) < 4.78 is 26.1. The molecular formula is C28H34BrCl3N8O2S. The molecule has 0 radical (unpaired) electrons. The fraction of sp³-hybridized carbons (Fsp3) is 0.429. The first-order chi connectivity index (χ1) is 20.4. The number of benzene rings is 2. The molecule has 15 heteroatoms. The van der Waals surface area contributed by atoms with E-state index in [1.165, 1.54) is 7.05 Å². The summed E-state index contributed by atoms with van der Waals surface area (Å²) in [6, 6.07) is 9.16. The number of hydrogen-bond acceptors (Lipinski definition) is 9. The van der Waals surface area contributed by atoms with Gasteiger partial charge in [-0.25, -0.2) is 13.4 Å². The molecule has 3 heterocycles. The number of nitrogens with one attached hydrogen (secondary N) is 2. The minimum absolute atomic E-state index is 0.268. The molecule has 43 heavy (non-hydrogen) atoms. The van der Waals surface area contributed by atoms with E-state index in [0.717, 1.165) is 68.4 Å². The Morgan fingerprint density at radius 2 is 1.65 bits per heavy atom. The molecular weight excluding hydrogens is 699 g/mol. The second-order valence-corrected chi connectivity index (χ2v) is 15.0. The fourth-order valence-corrected chi connectivity index (χ4v) is 6.83. The fourth-order valence-electron chi connectivity index (χ4n) is 5.36. The molecule has 0 bridgehead atoms. The van der Waals surface area contributed by atoms with Crippen molar-refractivity contribution in [3.8, 4) is 0 Å². The summed E-state index contributed by atoms with van der Waals surface area (Å²) in [5.74, 6) is 0.662. The van der Waals surface area contributed by atoms with Crippen LogP contribution in [0.3, 0.4) is 0 Å². The Hall–Kier alpha value is -2.06. The van der Waals surface area contributed by atoms with Crippen LogP contribution in [-0.2, 0) is 10.0 Å². The third-order valence-electron chi connectivity index (χ3n) is 7.93. The summed E-state index contributed by atoms with van der Waals surface area (Å²) in [5, 5.41) is 7.85. The van der Waals surface area contributed by atoms with E-state index in [9.17, 15) is 8.42 Å². The zero-order chi connectivity index (χ0) is 30.9. The van der Waals surface area contributed by atoms with Crippen LogP contribution in [0, 0.1) is 0 Å². The van der Waals surface area contributed by atoms with Crippen LogP contribution in [0.5, 0.6) is 0 Å². The van der Waals surface area contributed by atoms with Gasteiger partial charge in [0.2, 0.25) is 16.0 Å². The van der Waals surface area contributed by atoms with E-state index in [1.807, 2.05) is 6.07 Å². The molecule has 0 unspecified atom stereocenters. The Balaban J connectivity index is 1.30. The van der Waals surface area contributed by atoms with Gasteiger partial charge < -0.3 is 20.4 Å². The molecule has 2 fully saturated rings. The minimum Gasteiger partial charge on any atom is -0.370 e. The van der Waals surface area contributed by atoms with Crippen LogP contribution in [0.4, 0.5) is 34.5 Å². The van der Waals surface area contributed by atoms with Crippen molar-refractivity contribution in [2.45, 2.75) is 18.9 Å². The van der Waals surface area contributed by atoms with Crippen molar-refractivity contribution >= 4 is 95.3 Å². The highest BCUT2D eigenvalue weighted by Gasteiger charge is 2.28. The average molecular weight is 733 g/mol. The van der Waals surface area contributed by atoms with E-state index in [0.29, 0.717) is 48.5 Å². The van der Waals surface area contributed by atoms with Gasteiger partial charge in [-0.1, -0.05) is 34.8 Å². The number of nitrogens with zero attached hydrogens (tertiary/aromatic N) is 6. The molecule has 2 aliphatic heterocycles. The second kappa shape index (κ2) is 13.5. The highest BCUT2D eigenvalue weighted by molar-refractivity contribution is 9.10. The van der Waals surface area contributed by atoms with Gasteiger partial charge in [0.15, 0.2) is 0 Å². The largest absolute Gasteiger partial charge is 0.370 e. The third kappa shape index (κ3) is 7.78. The standard InChI is InChI=1S/C28H34BrCl3N8O2S/c1-37-10-12-39(13-11-37)19-6-8-40(9-7-19)26-16-21(31)23(15-22(26)32)35-28-33-17-20(29)27(36-28)34-24-14-18(30)4-5-25(24)38(2)43(3,41)42/h4-5,14-17,19H,6-13H2,1-3H3,(H2,33,34,35,36). The number of anilines is 6. The van der Waals surface area contributed by atoms with E-state index < -0.39 is 10.0 Å². The molecule has 2 saturated heterocycles. The van der Waals surface area contributed by atoms with Crippen LogP contribution < -0.4 is 19.8 Å². The molecule has 0 atom stereocenters. The number of rotatable bonds is 8. The predicted octanol–water partition coefficient (Wildman–Crippen LogP) is 6.30. The van der Waals surface area contributed by atoms with E-state index in [2.05, 4.69) is 58.3 Å². The van der Waals surface area contributed by atoms with Crippen molar-refractivity contribution in [1.29, 1.82) is 0 Å². The van der Waals surface area contributed by atoms with E-state index in [1.54, 1.807) is 30.5 Å². The maximum absolute atomic E-state index is 12.2. The number of sulfonamides is 1. The third-order valence-corrected chi connectivity index (χ3v) is 10.6. The van der Waals surface area contributed by atoms with Crippen LogP contribution >= 0.6 is 50.7 Å². The number of piperidine rings is 1. The van der Waals surface area contributed by atoms with Gasteiger partial charge in [-0.3, -0.25) is 9.21 Å². The van der Waals surface area contributed by atoms with E-state index in [4.69, 9.17) is 34.8 Å². The Kier molecular flexibility index (Phi) is 10.2. The molecule has 3 aromatic rings. The monoisotopic (exact) mass is 730 g/mol. The summed E-state index contributed by atoms with van der Waals surface area (Å²) >= 11 is 23.2. The van der Waals surface area contributed by atoms with Crippen molar-refractivity contribution in [2.24, 2.45) is 0 Å². The summed E-state index contributed by atoms with van der Waals surface area (Å²) in [6.45, 7) is 6.34. The van der Waals surface area contributed by atoms with Crippen LogP contribution in [0.15, 0.2) is 41.0 Å². The molecule has 5 rings (SSSR count). The van der Waals surface area contributed by atoms with Gasteiger partial charge in [-0.05, 0) is 66.2 Å². The lowest BCUT2D eigenvalue weighted by molar-refractivity contribution is 0.0982. The first kappa shape index (κ1) is 32.3. The molecule has 1 aromatic heterocycles. The predicted molar refractivity (Wildman–Crippen MR) is 182 cm³/mol. The Morgan fingerprint density at radius 3 is 2.33 bits per heavy atom. The Morgan fingerprint density at radius 1 is 0.953 bits per heavy atom. The molecule has 0 amide bonds. The maximum Gasteiger partial charge on any atom is 0.232 e. The number of piperazine rings is 1. The first-order valence-corrected chi connectivity index (χ1v) is 17.6. The lowest BCUT2D eigenvalue weighted by atomic mass is 10.0. The normalized spacial score (nSPS) is 17.2. The van der Waals surface area contributed by atoms with Crippen molar-refractivity contribution in [3.05, 3.63) is 56.1 Å². The molecule has 0 spiro atoms. The van der Waals surface area contributed by atoms with Gasteiger partial charge in [-0.15, -0.1) is 0 Å². The second-order valence-electron chi connectivity index (χ2n) is 10.9. The van der Waals surface area contributed by atoms with Crippen LogP contribution in [-0.4, -0.2) is 93.8 Å². The van der Waals surface area contributed by atoms with Crippen LogP contribution in [0.1, 0.15) is 12.8 Å². The van der Waals surface area contributed by atoms with Crippen molar-refractivity contribution in [3.63, 3.8) is 0 Å². The minimum atomic E-state index is -3.51. The van der Waals surface area contributed by atoms with E-state index in [-0.39, 0.29) is 5.95 Å². The zero-order valence-electron chi connectivity index (χ0n) is 24.1. The van der Waals surface area contributed by atoms with Gasteiger partial charge in [0.25, 0.3) is 0 Å². The SMILES string of the molecule is CN1CCN(C2CCN(c3cc(Cl)c(Nc4ncc(Br)c(Nc5cc(Cl)ccc5N(C)S(C)(=O)=O)n4)cc3Cl)CC2)CC1. The van der Waals surface area contributed by atoms with Crippen LogP contribution in [0.2, 0.25) is 15.1 Å². The smallest absolute Gasteiger partial charge is 0.232 e. The van der Waals surface area contributed by atoms with Gasteiger partial charge in [0.05, 0.1) is 43.5 Å². The lowest BCUT2D eigenvalue weighted by Crippen LogP contribution is -2.52. The van der Waals surface area contributed by atoms with E-state index >= 15 is 0 Å². The van der Waals surface area contributed by atoms with Gasteiger partial charge in [0.1, 0.15) is 5.82 Å². The van der Waals surface area contributed by atoms with Crippen LogP contribution in [0.25, 0.3) is 0 Å². The molecule has 0 aliphatic carbocycles. The Bertz CT molecular complexity index is 1580. The number of hydrogen-bond donors (Lipinski definition) is 2. The topological polar surface area (TPSA) is 96.9 Å². The average Bonchev–Trinajstić information content (AvgIpc) is 2.96. The highest BCUT2D eigenvalue weighted by atomic mass is 79.9. The van der Waals surface area contributed by atoms with Crippen molar-refractivity contribution < 1.29 is 8.42 Å². The Labute approximate surface area is 276 Å². The number of halogens is 4. The highest BCUT2D eigenvalue weighted by Crippen LogP contribution is 2.38. The first-order valence-electron chi connectivity index (χ1n) is 13.9. The van der Waals surface area contributed by atoms with Crippen molar-refractivity contribution in [1.82, 2.24) is 19.8 Å². The zero-order valence-corrected chi connectivity index (χ0v) is 28.8. The molecule has 10 nitrogen and oxygen atoms in total. The van der Waals surface area contributed by atoms with Gasteiger partial charge in [0, 0.05) is 63.6 Å². The maximum atomic E-state index is 12.2. The number of likely N-dealkylation sites (N-methyl/N-ethyl adjacent to an activating group) is 1. The lowest BCUT2D eigenvalue weighted by Gasteiger charge is -2.42. The van der Waals surface area contributed by atoms with Gasteiger partial charge >= 0.3 is 0 Å². The molecule has 232 valence electrons. The molecule has 0 saturated carbocycles. The number of aromatic nitrogens is 2. The molecule has 2 aliphatic rings. The molecule has 2 aromatic carbocycles. The quantitative estimate of drug-likeness (QED) is 0.277. The van der Waals surface area contributed by atoms with Gasteiger partial charge in [-0.2, -0.15) is 4.98 Å². The summed E-state index contributed by atoms with van der Waals surface area (Å²) in [4.78, 5) is 16.3. The van der Waals surface area contributed by atoms with Crippen molar-refractivity contribution in [2.75, 3.05) is 79.5 Å².